The first-order valence-electron chi connectivity index (χ1n) is 15.3. The van der Waals surface area contributed by atoms with Crippen molar-refractivity contribution in [1.29, 1.82) is 0 Å². The average Bonchev–Trinajstić information content (AvgIpc) is 3.40. The molecule has 9 nitrogen and oxygen atoms in total. The van der Waals surface area contributed by atoms with E-state index in [1.165, 1.54) is 30.9 Å². The van der Waals surface area contributed by atoms with Crippen molar-refractivity contribution in [2.45, 2.75) is 64.2 Å². The number of amides is 3. The third-order valence-corrected chi connectivity index (χ3v) is 8.23. The molecule has 47 heavy (non-hydrogen) atoms. The highest BCUT2D eigenvalue weighted by atomic mass is 19.4. The maximum Gasteiger partial charge on any atom is 0.435 e. The molecule has 0 aliphatic heterocycles. The molecule has 1 aliphatic rings. The van der Waals surface area contributed by atoms with Gasteiger partial charge in [-0.2, -0.15) is 18.3 Å². The second-order valence-corrected chi connectivity index (χ2v) is 11.8. The van der Waals surface area contributed by atoms with Crippen LogP contribution in [0.15, 0.2) is 48.5 Å². The Morgan fingerprint density at radius 2 is 1.66 bits per heavy atom. The van der Waals surface area contributed by atoms with E-state index in [0.717, 1.165) is 55.0 Å². The molecule has 1 fully saturated rings. The van der Waals surface area contributed by atoms with E-state index in [1.54, 1.807) is 24.3 Å². The number of rotatable bonds is 12. The molecule has 0 unspecified atom stereocenters. The summed E-state index contributed by atoms with van der Waals surface area (Å²) in [5, 5.41) is 6.18. The summed E-state index contributed by atoms with van der Waals surface area (Å²) in [6.07, 6.45) is -0.361. The van der Waals surface area contributed by atoms with Gasteiger partial charge in [-0.05, 0) is 73.7 Å². The fourth-order valence-electron chi connectivity index (χ4n) is 5.72. The minimum absolute atomic E-state index is 0.0823. The zero-order chi connectivity index (χ0) is 34.3. The third-order valence-electron chi connectivity index (χ3n) is 8.23. The standard InChI is InChI=1S/C33H38F5N5O4/c1-21-13-29(33(36,37)38)40-43(21)20-31(45)42(18-22-7-5-4-6-8-22)19-30(44)39-28(16-23-14-24(34)17-25(35)15-23)32(46)41(2)26-9-11-27(47-3)12-10-26/h9-15,17,22,28H,4-8,16,18-20H2,1-3H3,(H,39,44)/t28-/m0/s1. The largest absolute Gasteiger partial charge is 0.497 e. The first kappa shape index (κ1) is 35.4. The molecule has 3 aromatic rings. The lowest BCUT2D eigenvalue weighted by Gasteiger charge is -2.30. The van der Waals surface area contributed by atoms with Gasteiger partial charge < -0.3 is 19.9 Å². The van der Waals surface area contributed by atoms with Gasteiger partial charge >= 0.3 is 6.18 Å². The topological polar surface area (TPSA) is 96.8 Å². The summed E-state index contributed by atoms with van der Waals surface area (Å²) < 4.78 is 73.9. The van der Waals surface area contributed by atoms with Gasteiger partial charge in [-0.3, -0.25) is 19.1 Å². The fourth-order valence-corrected chi connectivity index (χ4v) is 5.72. The number of methoxy groups -OCH3 is 1. The van der Waals surface area contributed by atoms with E-state index < -0.39 is 60.4 Å². The highest BCUT2D eigenvalue weighted by Gasteiger charge is 2.35. The number of benzene rings is 2. The number of carbonyl (C=O) groups excluding carboxylic acids is 3. The van der Waals surface area contributed by atoms with Crippen LogP contribution in [-0.2, 0) is 33.5 Å². The number of ether oxygens (including phenoxy) is 1. The van der Waals surface area contributed by atoms with E-state index in [2.05, 4.69) is 10.4 Å². The normalized spacial score (nSPS) is 14.4. The Kier molecular flexibility index (Phi) is 11.6. The van der Waals surface area contributed by atoms with Crippen LogP contribution in [-0.4, -0.2) is 65.7 Å². The number of aryl methyl sites for hydroxylation is 1. The molecule has 0 bridgehead atoms. The molecular weight excluding hydrogens is 625 g/mol. The highest BCUT2D eigenvalue weighted by molar-refractivity contribution is 5.99. The van der Waals surface area contributed by atoms with Crippen molar-refractivity contribution in [1.82, 2.24) is 20.0 Å². The molecule has 0 spiro atoms. The molecule has 254 valence electrons. The number of anilines is 1. The minimum Gasteiger partial charge on any atom is -0.497 e. The van der Waals surface area contributed by atoms with E-state index in [0.29, 0.717) is 17.5 Å². The van der Waals surface area contributed by atoms with E-state index in [-0.39, 0.29) is 30.1 Å². The van der Waals surface area contributed by atoms with Gasteiger partial charge in [0.15, 0.2) is 5.69 Å². The predicted molar refractivity (Wildman–Crippen MR) is 164 cm³/mol. The van der Waals surface area contributed by atoms with Crippen LogP contribution in [0.5, 0.6) is 5.75 Å². The lowest BCUT2D eigenvalue weighted by Crippen LogP contribution is -2.52. The van der Waals surface area contributed by atoms with Gasteiger partial charge in [0, 0.05) is 37.5 Å². The molecule has 1 saturated carbocycles. The highest BCUT2D eigenvalue weighted by Crippen LogP contribution is 2.29. The smallest absolute Gasteiger partial charge is 0.435 e. The Morgan fingerprint density at radius 1 is 1.02 bits per heavy atom. The van der Waals surface area contributed by atoms with Crippen molar-refractivity contribution in [3.8, 4) is 5.75 Å². The van der Waals surface area contributed by atoms with Crippen LogP contribution in [0.2, 0.25) is 0 Å². The molecule has 1 aromatic heterocycles. The zero-order valence-electron chi connectivity index (χ0n) is 26.4. The SMILES string of the molecule is COc1ccc(N(C)C(=O)[C@H](Cc2cc(F)cc(F)c2)NC(=O)CN(CC2CCCCC2)C(=O)Cn2nc(C(F)(F)F)cc2C)cc1. The number of halogens is 5. The van der Waals surface area contributed by atoms with Crippen molar-refractivity contribution in [3.05, 3.63) is 77.1 Å². The summed E-state index contributed by atoms with van der Waals surface area (Å²) in [6.45, 7) is 0.582. The van der Waals surface area contributed by atoms with Gasteiger partial charge in [-0.25, -0.2) is 8.78 Å². The summed E-state index contributed by atoms with van der Waals surface area (Å²) in [5.41, 5.74) is -0.422. The number of hydrogen-bond donors (Lipinski definition) is 1. The second-order valence-electron chi connectivity index (χ2n) is 11.8. The quantitative estimate of drug-likeness (QED) is 0.266. The molecular formula is C33H38F5N5O4. The van der Waals surface area contributed by atoms with Crippen molar-refractivity contribution in [3.63, 3.8) is 0 Å². The average molecular weight is 664 g/mol. The summed E-state index contributed by atoms with van der Waals surface area (Å²) >= 11 is 0. The lowest BCUT2D eigenvalue weighted by molar-refractivity contribution is -0.142. The van der Waals surface area contributed by atoms with E-state index in [4.69, 9.17) is 4.74 Å². The van der Waals surface area contributed by atoms with Crippen LogP contribution in [0, 0.1) is 24.5 Å². The molecule has 0 radical (unpaired) electrons. The molecule has 0 saturated heterocycles. The van der Waals surface area contributed by atoms with E-state index in [1.807, 2.05) is 0 Å². The summed E-state index contributed by atoms with van der Waals surface area (Å²) in [5.74, 6) is -3.00. The molecule has 2 aromatic carbocycles. The number of aromatic nitrogens is 2. The number of nitrogens with one attached hydrogen (secondary N) is 1. The number of hydrogen-bond acceptors (Lipinski definition) is 5. The molecule has 4 rings (SSSR count). The van der Waals surface area contributed by atoms with Crippen LogP contribution < -0.4 is 15.0 Å². The Labute approximate surface area is 269 Å². The molecule has 1 heterocycles. The van der Waals surface area contributed by atoms with E-state index in [9.17, 15) is 36.3 Å². The van der Waals surface area contributed by atoms with Crippen molar-refractivity contribution in [2.24, 2.45) is 5.92 Å². The van der Waals surface area contributed by atoms with Crippen LogP contribution in [0.1, 0.15) is 49.1 Å². The number of carbonyl (C=O) groups is 3. The van der Waals surface area contributed by atoms with Gasteiger partial charge in [0.2, 0.25) is 17.7 Å². The number of alkyl halides is 3. The van der Waals surface area contributed by atoms with Crippen molar-refractivity contribution >= 4 is 23.4 Å². The lowest BCUT2D eigenvalue weighted by atomic mass is 9.89. The second kappa shape index (κ2) is 15.4. The monoisotopic (exact) mass is 663 g/mol. The van der Waals surface area contributed by atoms with Crippen molar-refractivity contribution in [2.75, 3.05) is 32.1 Å². The first-order valence-corrected chi connectivity index (χ1v) is 15.3. The van der Waals surface area contributed by atoms with Crippen LogP contribution in [0.4, 0.5) is 27.6 Å². The molecule has 1 N–H and O–H groups in total. The van der Waals surface area contributed by atoms with Crippen molar-refractivity contribution < 1.29 is 41.1 Å². The van der Waals surface area contributed by atoms with Gasteiger partial charge in [-0.15, -0.1) is 0 Å². The Hall–Kier alpha value is -4.49. The number of nitrogens with zero attached hydrogens (tertiary/aromatic N) is 4. The Morgan fingerprint density at radius 3 is 2.23 bits per heavy atom. The van der Waals surface area contributed by atoms with Gasteiger partial charge in [0.05, 0.1) is 13.7 Å². The van der Waals surface area contributed by atoms with Gasteiger partial charge in [-0.1, -0.05) is 19.3 Å². The van der Waals surface area contributed by atoms with Gasteiger partial charge in [0.25, 0.3) is 0 Å². The van der Waals surface area contributed by atoms with E-state index >= 15 is 0 Å². The molecule has 14 heteroatoms. The maximum absolute atomic E-state index is 14.0. The van der Waals surface area contributed by atoms with Crippen LogP contribution >= 0.6 is 0 Å². The number of likely N-dealkylation sites (N-methyl/N-ethyl adjacent to an activating group) is 1. The fraction of sp³-hybridized carbons (Fsp3) is 0.455. The summed E-state index contributed by atoms with van der Waals surface area (Å²) in [4.78, 5) is 43.3. The minimum atomic E-state index is -4.69. The maximum atomic E-state index is 14.0. The summed E-state index contributed by atoms with van der Waals surface area (Å²) in [7, 11) is 2.97. The Bertz CT molecular complexity index is 1530. The molecule has 1 atom stereocenters. The molecule has 1 aliphatic carbocycles. The van der Waals surface area contributed by atoms with Crippen LogP contribution in [0.25, 0.3) is 0 Å². The van der Waals surface area contributed by atoms with Gasteiger partial charge in [0.1, 0.15) is 30.0 Å². The third kappa shape index (κ3) is 9.75. The first-order chi connectivity index (χ1) is 22.2. The van der Waals surface area contributed by atoms with Crippen LogP contribution in [0.3, 0.4) is 0 Å². The Balaban J connectivity index is 1.56. The predicted octanol–water partition coefficient (Wildman–Crippen LogP) is 5.30. The zero-order valence-corrected chi connectivity index (χ0v) is 26.4. The molecule has 3 amide bonds. The summed E-state index contributed by atoms with van der Waals surface area (Å²) in [6, 6.07) is 8.90.